The van der Waals surface area contributed by atoms with Crippen molar-refractivity contribution in [3.05, 3.63) is 35.9 Å². The van der Waals surface area contributed by atoms with Crippen molar-refractivity contribution >= 4 is 18.3 Å². The fraction of sp³-hybridized carbons (Fsp3) is 0.400. The van der Waals surface area contributed by atoms with Crippen molar-refractivity contribution in [1.29, 1.82) is 0 Å². The van der Waals surface area contributed by atoms with Gasteiger partial charge in [0.25, 0.3) is 0 Å². The highest BCUT2D eigenvalue weighted by Crippen LogP contribution is 2.20. The van der Waals surface area contributed by atoms with Crippen LogP contribution in [0.25, 0.3) is 0 Å². The maximum atomic E-state index is 12.0. The van der Waals surface area contributed by atoms with Crippen LogP contribution in [0.1, 0.15) is 18.9 Å². The topological polar surface area (TPSA) is 72.9 Å². The van der Waals surface area contributed by atoms with Crippen molar-refractivity contribution in [1.82, 2.24) is 4.90 Å². The molecule has 112 valence electrons. The van der Waals surface area contributed by atoms with Crippen molar-refractivity contribution in [2.24, 2.45) is 0 Å². The van der Waals surface area contributed by atoms with E-state index in [9.17, 15) is 14.4 Å². The monoisotopic (exact) mass is 291 g/mol. The molecule has 0 bridgehead atoms. The molecule has 0 saturated carbocycles. The number of rotatable bonds is 4. The first kappa shape index (κ1) is 15.0. The van der Waals surface area contributed by atoms with Crippen molar-refractivity contribution in [3.63, 3.8) is 0 Å². The van der Waals surface area contributed by atoms with Gasteiger partial charge in [-0.3, -0.25) is 9.69 Å². The molecule has 6 nitrogen and oxygen atoms in total. The second-order valence-electron chi connectivity index (χ2n) is 4.86. The van der Waals surface area contributed by atoms with Gasteiger partial charge in [0.1, 0.15) is 19.0 Å². The molecule has 1 aromatic rings. The van der Waals surface area contributed by atoms with Crippen LogP contribution in [-0.4, -0.2) is 41.9 Å². The average Bonchev–Trinajstić information content (AvgIpc) is 2.88. The molecule has 1 aliphatic rings. The Morgan fingerprint density at radius 3 is 2.67 bits per heavy atom. The molecule has 0 unspecified atom stereocenters. The summed E-state index contributed by atoms with van der Waals surface area (Å²) in [7, 11) is 0. The Kier molecular flexibility index (Phi) is 4.92. The molecule has 2 rings (SSSR count). The second kappa shape index (κ2) is 6.88. The lowest BCUT2D eigenvalue weighted by atomic mass is 10.2. The average molecular weight is 291 g/mol. The SMILES string of the molecule is CC(=O)O[C@@H]1C[C@@H](C=O)N(C(=O)OCc2ccccc2)C1. The van der Waals surface area contributed by atoms with E-state index >= 15 is 0 Å². The number of hydrogen-bond acceptors (Lipinski definition) is 5. The summed E-state index contributed by atoms with van der Waals surface area (Å²) < 4.78 is 10.2. The second-order valence-corrected chi connectivity index (χ2v) is 4.86. The Bertz CT molecular complexity index is 516. The number of esters is 1. The summed E-state index contributed by atoms with van der Waals surface area (Å²) in [6.45, 7) is 1.61. The Morgan fingerprint density at radius 2 is 2.05 bits per heavy atom. The third kappa shape index (κ3) is 4.05. The molecule has 1 saturated heterocycles. The molecule has 1 aliphatic heterocycles. The number of amides is 1. The van der Waals surface area contributed by atoms with Gasteiger partial charge in [-0.25, -0.2) is 4.79 Å². The van der Waals surface area contributed by atoms with Crippen LogP contribution >= 0.6 is 0 Å². The van der Waals surface area contributed by atoms with E-state index in [1.54, 1.807) is 0 Å². The fourth-order valence-corrected chi connectivity index (χ4v) is 2.29. The van der Waals surface area contributed by atoms with Crippen molar-refractivity contribution in [2.45, 2.75) is 32.1 Å². The van der Waals surface area contributed by atoms with Crippen LogP contribution in [0.4, 0.5) is 4.79 Å². The smallest absolute Gasteiger partial charge is 0.410 e. The van der Waals surface area contributed by atoms with E-state index in [1.807, 2.05) is 30.3 Å². The van der Waals surface area contributed by atoms with E-state index in [0.29, 0.717) is 12.7 Å². The van der Waals surface area contributed by atoms with Gasteiger partial charge in [-0.1, -0.05) is 30.3 Å². The Labute approximate surface area is 122 Å². The zero-order chi connectivity index (χ0) is 15.2. The highest BCUT2D eigenvalue weighted by atomic mass is 16.6. The first-order valence-corrected chi connectivity index (χ1v) is 6.70. The molecular formula is C15H17NO5. The Hall–Kier alpha value is -2.37. The molecule has 6 heteroatoms. The van der Waals surface area contributed by atoms with E-state index < -0.39 is 24.2 Å². The highest BCUT2D eigenvalue weighted by molar-refractivity contribution is 5.74. The molecule has 0 radical (unpaired) electrons. The van der Waals surface area contributed by atoms with E-state index in [1.165, 1.54) is 11.8 Å². The van der Waals surface area contributed by atoms with Gasteiger partial charge in [0.2, 0.25) is 0 Å². The van der Waals surface area contributed by atoms with E-state index in [0.717, 1.165) is 5.56 Å². The van der Waals surface area contributed by atoms with Gasteiger partial charge < -0.3 is 14.3 Å². The predicted molar refractivity (Wildman–Crippen MR) is 73.4 cm³/mol. The maximum Gasteiger partial charge on any atom is 0.410 e. The molecule has 0 aliphatic carbocycles. The lowest BCUT2D eigenvalue weighted by Crippen LogP contribution is -2.37. The van der Waals surface area contributed by atoms with Gasteiger partial charge in [-0.2, -0.15) is 0 Å². The summed E-state index contributed by atoms with van der Waals surface area (Å²) in [5.74, 6) is -0.427. The number of ether oxygens (including phenoxy) is 2. The summed E-state index contributed by atoms with van der Waals surface area (Å²) in [4.78, 5) is 35.3. The molecule has 0 aromatic heterocycles. The molecule has 2 atom stereocenters. The van der Waals surface area contributed by atoms with Crippen LogP contribution in [0, 0.1) is 0 Å². The molecule has 21 heavy (non-hydrogen) atoms. The van der Waals surface area contributed by atoms with Crippen molar-refractivity contribution in [3.8, 4) is 0 Å². The summed E-state index contributed by atoms with van der Waals surface area (Å²) in [5, 5.41) is 0. The lowest BCUT2D eigenvalue weighted by molar-refractivity contribution is -0.145. The Balaban J connectivity index is 1.91. The van der Waals surface area contributed by atoms with E-state index in [-0.39, 0.29) is 13.2 Å². The minimum Gasteiger partial charge on any atom is -0.461 e. The van der Waals surface area contributed by atoms with Gasteiger partial charge in [-0.05, 0) is 5.56 Å². The van der Waals surface area contributed by atoms with Crippen molar-refractivity contribution < 1.29 is 23.9 Å². The molecule has 1 amide bonds. The number of benzene rings is 1. The molecule has 1 heterocycles. The summed E-state index contributed by atoms with van der Waals surface area (Å²) in [6.07, 6.45) is -0.0517. The number of likely N-dealkylation sites (tertiary alicyclic amines) is 1. The zero-order valence-corrected chi connectivity index (χ0v) is 11.7. The molecule has 1 fully saturated rings. The summed E-state index contributed by atoms with van der Waals surface area (Å²) >= 11 is 0. The van der Waals surface area contributed by atoms with Crippen LogP contribution in [0.2, 0.25) is 0 Å². The Morgan fingerprint density at radius 1 is 1.33 bits per heavy atom. The highest BCUT2D eigenvalue weighted by Gasteiger charge is 2.37. The number of carbonyl (C=O) groups is 3. The van der Waals surface area contributed by atoms with Crippen LogP contribution in [0.15, 0.2) is 30.3 Å². The van der Waals surface area contributed by atoms with Gasteiger partial charge in [0.15, 0.2) is 0 Å². The van der Waals surface area contributed by atoms with Gasteiger partial charge in [0.05, 0.1) is 12.6 Å². The normalized spacial score (nSPS) is 20.9. The van der Waals surface area contributed by atoms with Crippen LogP contribution < -0.4 is 0 Å². The van der Waals surface area contributed by atoms with Gasteiger partial charge in [-0.15, -0.1) is 0 Å². The number of hydrogen-bond donors (Lipinski definition) is 0. The molecular weight excluding hydrogens is 274 g/mol. The maximum absolute atomic E-state index is 12.0. The zero-order valence-electron chi connectivity index (χ0n) is 11.7. The minimum atomic E-state index is -0.613. The van der Waals surface area contributed by atoms with Crippen molar-refractivity contribution in [2.75, 3.05) is 6.54 Å². The summed E-state index contributed by atoms with van der Waals surface area (Å²) in [6, 6.07) is 8.65. The molecule has 0 spiro atoms. The van der Waals surface area contributed by atoms with E-state index in [2.05, 4.69) is 0 Å². The third-order valence-electron chi connectivity index (χ3n) is 3.23. The first-order chi connectivity index (χ1) is 10.1. The number of nitrogens with zero attached hydrogens (tertiary/aromatic N) is 1. The predicted octanol–water partition coefficient (Wildman–Crippen LogP) is 1.53. The quantitative estimate of drug-likeness (QED) is 0.621. The minimum absolute atomic E-state index is 0.139. The largest absolute Gasteiger partial charge is 0.461 e. The van der Waals surface area contributed by atoms with Gasteiger partial charge >= 0.3 is 12.1 Å². The standard InChI is InChI=1S/C15H17NO5/c1-11(18)21-14-7-13(9-17)16(8-14)15(19)20-10-12-5-3-2-4-6-12/h2-6,9,13-14H,7-8,10H2,1H3/t13-,14+/m0/s1. The first-order valence-electron chi connectivity index (χ1n) is 6.70. The third-order valence-corrected chi connectivity index (χ3v) is 3.23. The lowest BCUT2D eigenvalue weighted by Gasteiger charge is -2.19. The molecule has 1 aromatic carbocycles. The fourth-order valence-electron chi connectivity index (χ4n) is 2.29. The summed E-state index contributed by atoms with van der Waals surface area (Å²) in [5.41, 5.74) is 0.865. The van der Waals surface area contributed by atoms with Crippen LogP contribution in [-0.2, 0) is 25.7 Å². The van der Waals surface area contributed by atoms with Crippen LogP contribution in [0.3, 0.4) is 0 Å². The number of aldehydes is 1. The molecule has 0 N–H and O–H groups in total. The number of carbonyl (C=O) groups excluding carboxylic acids is 3. The van der Waals surface area contributed by atoms with E-state index in [4.69, 9.17) is 9.47 Å². The van der Waals surface area contributed by atoms with Gasteiger partial charge in [0, 0.05) is 13.3 Å². The van der Waals surface area contributed by atoms with Crippen LogP contribution in [0.5, 0.6) is 0 Å².